The zero-order valence-electron chi connectivity index (χ0n) is 12.4. The maximum atomic E-state index is 12.0. The average molecular weight is 290 g/mol. The second-order valence-electron chi connectivity index (χ2n) is 7.25. The summed E-state index contributed by atoms with van der Waals surface area (Å²) in [7, 11) is 1.49. The molecule has 4 heteroatoms. The molecule has 0 N–H and O–H groups in total. The van der Waals surface area contributed by atoms with E-state index in [1.807, 2.05) is 0 Å². The molecule has 0 heterocycles. The SMILES string of the molecule is C=CC(=O)OC1C[C@H]2C[C@@H]1C1C2[C@@H]2CC(C(=O)OC)[C@H]1C2. The number of rotatable bonds is 3. The summed E-state index contributed by atoms with van der Waals surface area (Å²) in [5, 5.41) is 0. The molecule has 0 aliphatic heterocycles. The first-order valence-electron chi connectivity index (χ1n) is 8.05. The van der Waals surface area contributed by atoms with E-state index in [0.29, 0.717) is 29.6 Å². The van der Waals surface area contributed by atoms with Crippen LogP contribution in [0, 0.1) is 41.4 Å². The summed E-state index contributed by atoms with van der Waals surface area (Å²) in [6, 6.07) is 0. The molecule has 4 unspecified atom stereocenters. The highest BCUT2D eigenvalue weighted by molar-refractivity contribution is 5.81. The first-order valence-corrected chi connectivity index (χ1v) is 8.05. The first kappa shape index (κ1) is 13.4. The van der Waals surface area contributed by atoms with Gasteiger partial charge in [-0.2, -0.15) is 0 Å². The minimum atomic E-state index is -0.309. The Bertz CT molecular complexity index is 499. The predicted octanol–water partition coefficient (Wildman–Crippen LogP) is 2.19. The molecule has 0 amide bonds. The maximum Gasteiger partial charge on any atom is 0.330 e. The maximum absolute atomic E-state index is 12.0. The first-order chi connectivity index (χ1) is 10.1. The predicted molar refractivity (Wildman–Crippen MR) is 75.0 cm³/mol. The van der Waals surface area contributed by atoms with Crippen LogP contribution in [0.4, 0.5) is 0 Å². The summed E-state index contributed by atoms with van der Waals surface area (Å²) in [5.41, 5.74) is 0. The van der Waals surface area contributed by atoms with Crippen LogP contribution < -0.4 is 0 Å². The smallest absolute Gasteiger partial charge is 0.330 e. The molecule has 4 aliphatic carbocycles. The van der Waals surface area contributed by atoms with Crippen LogP contribution in [0.15, 0.2) is 12.7 Å². The minimum absolute atomic E-state index is 0.0386. The van der Waals surface area contributed by atoms with Crippen molar-refractivity contribution in [3.63, 3.8) is 0 Å². The van der Waals surface area contributed by atoms with E-state index >= 15 is 0 Å². The molecule has 0 aromatic rings. The molecule has 4 rings (SSSR count). The van der Waals surface area contributed by atoms with Gasteiger partial charge in [-0.25, -0.2) is 4.79 Å². The Morgan fingerprint density at radius 1 is 1.05 bits per heavy atom. The molecule has 8 atom stereocenters. The summed E-state index contributed by atoms with van der Waals surface area (Å²) in [5.74, 6) is 3.34. The van der Waals surface area contributed by atoms with Gasteiger partial charge in [0.25, 0.3) is 0 Å². The van der Waals surface area contributed by atoms with Gasteiger partial charge in [0.05, 0.1) is 13.0 Å². The summed E-state index contributed by atoms with van der Waals surface area (Å²) in [6.45, 7) is 3.48. The van der Waals surface area contributed by atoms with E-state index in [0.717, 1.165) is 18.8 Å². The van der Waals surface area contributed by atoms with Gasteiger partial charge in [0.1, 0.15) is 6.10 Å². The van der Waals surface area contributed by atoms with E-state index < -0.39 is 0 Å². The van der Waals surface area contributed by atoms with Crippen LogP contribution in [0.1, 0.15) is 25.7 Å². The molecular weight excluding hydrogens is 268 g/mol. The lowest BCUT2D eigenvalue weighted by Crippen LogP contribution is -2.41. The lowest BCUT2D eigenvalue weighted by atomic mass is 9.67. The molecule has 114 valence electrons. The number of methoxy groups -OCH3 is 1. The van der Waals surface area contributed by atoms with Crippen molar-refractivity contribution >= 4 is 11.9 Å². The van der Waals surface area contributed by atoms with Crippen molar-refractivity contribution in [1.82, 2.24) is 0 Å². The van der Waals surface area contributed by atoms with Gasteiger partial charge in [0, 0.05) is 6.08 Å². The lowest BCUT2D eigenvalue weighted by Gasteiger charge is -2.40. The largest absolute Gasteiger partial charge is 0.469 e. The van der Waals surface area contributed by atoms with Crippen molar-refractivity contribution in [3.8, 4) is 0 Å². The van der Waals surface area contributed by atoms with Gasteiger partial charge >= 0.3 is 11.9 Å². The van der Waals surface area contributed by atoms with Crippen molar-refractivity contribution in [2.75, 3.05) is 7.11 Å². The highest BCUT2D eigenvalue weighted by atomic mass is 16.5. The third kappa shape index (κ3) is 1.74. The Balaban J connectivity index is 1.54. The molecular formula is C17H22O4. The molecule has 0 aromatic heterocycles. The summed E-state index contributed by atoms with van der Waals surface area (Å²) in [4.78, 5) is 23.5. The van der Waals surface area contributed by atoms with E-state index in [1.165, 1.54) is 26.0 Å². The van der Waals surface area contributed by atoms with E-state index in [2.05, 4.69) is 6.58 Å². The molecule has 0 aromatic carbocycles. The molecule has 21 heavy (non-hydrogen) atoms. The van der Waals surface area contributed by atoms with Gasteiger partial charge in [0.15, 0.2) is 0 Å². The second kappa shape index (κ2) is 4.59. The normalized spacial score (nSPS) is 49.0. The molecule has 4 nitrogen and oxygen atoms in total. The van der Waals surface area contributed by atoms with Crippen molar-refractivity contribution < 1.29 is 19.1 Å². The number of carbonyl (C=O) groups excluding carboxylic acids is 2. The molecule has 0 radical (unpaired) electrons. The quantitative estimate of drug-likeness (QED) is 0.454. The van der Waals surface area contributed by atoms with E-state index in [-0.39, 0.29) is 24.0 Å². The van der Waals surface area contributed by atoms with Gasteiger partial charge in [0.2, 0.25) is 0 Å². The van der Waals surface area contributed by atoms with Crippen molar-refractivity contribution in [1.29, 1.82) is 0 Å². The number of carbonyl (C=O) groups is 2. The van der Waals surface area contributed by atoms with Gasteiger partial charge in [-0.3, -0.25) is 4.79 Å². The number of hydrogen-bond acceptors (Lipinski definition) is 4. The zero-order valence-corrected chi connectivity index (χ0v) is 12.4. The van der Waals surface area contributed by atoms with Crippen LogP contribution in [0.3, 0.4) is 0 Å². The fraction of sp³-hybridized carbons (Fsp3) is 0.765. The van der Waals surface area contributed by atoms with Gasteiger partial charge < -0.3 is 9.47 Å². The Kier molecular flexibility index (Phi) is 2.92. The summed E-state index contributed by atoms with van der Waals surface area (Å²) >= 11 is 0. The summed E-state index contributed by atoms with van der Waals surface area (Å²) in [6.07, 6.45) is 5.66. The van der Waals surface area contributed by atoms with Crippen molar-refractivity contribution in [3.05, 3.63) is 12.7 Å². The Hall–Kier alpha value is -1.32. The van der Waals surface area contributed by atoms with E-state index in [4.69, 9.17) is 9.47 Å². The standard InChI is InChI=1S/C17H22O4/c1-3-14(18)21-13-7-9-6-12(13)16-10-4-8(15(9)16)5-11(10)17(19)20-2/h3,8-13,15-16H,1,4-7H2,2H3/t8-,9+,10+,11?,12-,13?,15?,16?/m0/s1. The van der Waals surface area contributed by atoms with Crippen LogP contribution in [-0.2, 0) is 19.1 Å². The second-order valence-corrected chi connectivity index (χ2v) is 7.25. The van der Waals surface area contributed by atoms with Gasteiger partial charge in [-0.05, 0) is 61.2 Å². The molecule has 0 spiro atoms. The third-order valence-electron chi connectivity index (χ3n) is 6.70. The highest BCUT2D eigenvalue weighted by Gasteiger charge is 2.66. The van der Waals surface area contributed by atoms with Crippen LogP contribution in [0.5, 0.6) is 0 Å². The number of hydrogen-bond donors (Lipinski definition) is 0. The Morgan fingerprint density at radius 2 is 1.76 bits per heavy atom. The molecule has 0 saturated heterocycles. The Morgan fingerprint density at radius 3 is 2.48 bits per heavy atom. The zero-order chi connectivity index (χ0) is 14.7. The van der Waals surface area contributed by atoms with Crippen LogP contribution >= 0.6 is 0 Å². The van der Waals surface area contributed by atoms with Crippen LogP contribution in [-0.4, -0.2) is 25.2 Å². The fourth-order valence-corrected chi connectivity index (χ4v) is 6.30. The van der Waals surface area contributed by atoms with Crippen molar-refractivity contribution in [2.45, 2.75) is 31.8 Å². The molecule has 4 bridgehead atoms. The van der Waals surface area contributed by atoms with Crippen LogP contribution in [0.25, 0.3) is 0 Å². The van der Waals surface area contributed by atoms with Gasteiger partial charge in [-0.15, -0.1) is 0 Å². The molecule has 4 aliphatic rings. The molecule has 4 fully saturated rings. The Labute approximate surface area is 124 Å². The topological polar surface area (TPSA) is 52.6 Å². The fourth-order valence-electron chi connectivity index (χ4n) is 6.30. The van der Waals surface area contributed by atoms with E-state index in [1.54, 1.807) is 0 Å². The molecule has 4 saturated carbocycles. The number of fused-ring (bicyclic) bond motifs is 9. The number of esters is 2. The highest BCUT2D eigenvalue weighted by Crippen LogP contribution is 2.69. The minimum Gasteiger partial charge on any atom is -0.469 e. The third-order valence-corrected chi connectivity index (χ3v) is 6.70. The van der Waals surface area contributed by atoms with E-state index in [9.17, 15) is 9.59 Å². The van der Waals surface area contributed by atoms with Crippen LogP contribution in [0.2, 0.25) is 0 Å². The average Bonchev–Trinajstić information content (AvgIpc) is 3.22. The monoisotopic (exact) mass is 290 g/mol. The lowest BCUT2D eigenvalue weighted by molar-refractivity contribution is -0.153. The summed E-state index contributed by atoms with van der Waals surface area (Å²) < 4.78 is 10.5. The van der Waals surface area contributed by atoms with Crippen molar-refractivity contribution in [2.24, 2.45) is 41.4 Å². The van der Waals surface area contributed by atoms with Gasteiger partial charge in [-0.1, -0.05) is 6.58 Å². The number of ether oxygens (including phenoxy) is 2.